The molecular formula is C60H100NO8P. The SMILES string of the molecule is CC/C=C\C/C=C\C/C=C\C/C=C\C/C=C\C/C=C\C/C=C\C/C=C\C/C=C\C/C=C\CCCCCCCCCCC(=O)OC(COC(=O)CCCCCCCCCCCC)COP(=O)(O)OCCN. The normalized spacial score (nSPS) is 14.1. The highest BCUT2D eigenvalue weighted by Crippen LogP contribution is 2.43. The molecule has 0 bridgehead atoms. The van der Waals surface area contributed by atoms with E-state index in [0.717, 1.165) is 109 Å². The number of allylic oxidation sites excluding steroid dienone is 20. The first-order valence-electron chi connectivity index (χ1n) is 27.5. The standard InChI is InChI=1S/C60H100NO8P/c1-3-5-7-9-11-13-15-16-17-18-19-20-21-22-23-24-25-26-27-28-29-30-31-32-33-34-35-36-37-38-39-40-41-42-43-45-47-49-51-53-60(63)69-58(57-68-70(64,65)67-55-54-61)56-66-59(62)52-50-48-46-44-14-12-10-8-6-4-2/h5,7,11,13,16-17,19-20,22-23,25-26,28-29,31-32,34-35,37-38,58H,3-4,6,8-10,12,14-15,18,21,24,27,30,33,36,39-57,61H2,1-2H3,(H,64,65)/b7-5-,13-11-,17-16-,20-19-,23-22-,26-25-,29-28-,32-31-,35-34-,38-37-. The molecule has 0 aromatic heterocycles. The number of ether oxygens (including phenoxy) is 2. The fourth-order valence-electron chi connectivity index (χ4n) is 7.07. The summed E-state index contributed by atoms with van der Waals surface area (Å²) in [6.45, 7) is 3.58. The third-order valence-corrected chi connectivity index (χ3v) is 12.1. The predicted octanol–water partition coefficient (Wildman–Crippen LogP) is 17.2. The fraction of sp³-hybridized carbons (Fsp3) is 0.633. The lowest BCUT2D eigenvalue weighted by atomic mass is 10.1. The fourth-order valence-corrected chi connectivity index (χ4v) is 7.84. The zero-order valence-electron chi connectivity index (χ0n) is 44.2. The van der Waals surface area contributed by atoms with Gasteiger partial charge < -0.3 is 20.1 Å². The van der Waals surface area contributed by atoms with E-state index in [9.17, 15) is 19.0 Å². The van der Waals surface area contributed by atoms with Gasteiger partial charge in [0, 0.05) is 19.4 Å². The van der Waals surface area contributed by atoms with Gasteiger partial charge in [-0.1, -0.05) is 232 Å². The van der Waals surface area contributed by atoms with Gasteiger partial charge in [0.15, 0.2) is 6.10 Å². The van der Waals surface area contributed by atoms with Crippen molar-refractivity contribution in [2.45, 2.75) is 219 Å². The van der Waals surface area contributed by atoms with Crippen molar-refractivity contribution in [1.82, 2.24) is 0 Å². The van der Waals surface area contributed by atoms with Crippen molar-refractivity contribution in [3.05, 3.63) is 122 Å². The van der Waals surface area contributed by atoms with Gasteiger partial charge in [0.25, 0.3) is 0 Å². The summed E-state index contributed by atoms with van der Waals surface area (Å²) >= 11 is 0. The lowest BCUT2D eigenvalue weighted by Crippen LogP contribution is -2.29. The van der Waals surface area contributed by atoms with Gasteiger partial charge >= 0.3 is 19.8 Å². The molecule has 0 rings (SSSR count). The number of rotatable bonds is 50. The minimum atomic E-state index is -4.39. The van der Waals surface area contributed by atoms with E-state index in [1.165, 1.54) is 70.6 Å². The van der Waals surface area contributed by atoms with Crippen LogP contribution in [0.25, 0.3) is 0 Å². The number of esters is 2. The van der Waals surface area contributed by atoms with Crippen molar-refractivity contribution in [3.63, 3.8) is 0 Å². The largest absolute Gasteiger partial charge is 0.472 e. The molecule has 70 heavy (non-hydrogen) atoms. The van der Waals surface area contributed by atoms with Crippen molar-refractivity contribution in [2.75, 3.05) is 26.4 Å². The smallest absolute Gasteiger partial charge is 0.462 e. The highest BCUT2D eigenvalue weighted by Gasteiger charge is 2.26. The van der Waals surface area contributed by atoms with Crippen LogP contribution in [0.3, 0.4) is 0 Å². The summed E-state index contributed by atoms with van der Waals surface area (Å²) in [5.41, 5.74) is 5.36. The molecule has 0 aliphatic rings. The second-order valence-corrected chi connectivity index (χ2v) is 19.2. The molecule has 0 fully saturated rings. The second kappa shape index (κ2) is 54.7. The Morgan fingerprint density at radius 3 is 1.17 bits per heavy atom. The molecule has 9 nitrogen and oxygen atoms in total. The van der Waals surface area contributed by atoms with Crippen LogP contribution in [-0.4, -0.2) is 49.3 Å². The van der Waals surface area contributed by atoms with Gasteiger partial charge in [-0.25, -0.2) is 4.57 Å². The molecule has 0 radical (unpaired) electrons. The summed E-state index contributed by atoms with van der Waals surface area (Å²) in [5.74, 6) is -0.845. The monoisotopic (exact) mass is 994 g/mol. The quantitative estimate of drug-likeness (QED) is 0.0264. The molecule has 0 saturated heterocycles. The average molecular weight is 994 g/mol. The predicted molar refractivity (Wildman–Crippen MR) is 297 cm³/mol. The van der Waals surface area contributed by atoms with E-state index in [0.29, 0.717) is 6.42 Å². The first-order valence-corrected chi connectivity index (χ1v) is 29.0. The Morgan fingerprint density at radius 2 is 0.786 bits per heavy atom. The Bertz CT molecular complexity index is 1550. The molecular weight excluding hydrogens is 894 g/mol. The highest BCUT2D eigenvalue weighted by molar-refractivity contribution is 7.47. The van der Waals surface area contributed by atoms with Gasteiger partial charge in [0.2, 0.25) is 0 Å². The van der Waals surface area contributed by atoms with Crippen LogP contribution in [0.1, 0.15) is 213 Å². The van der Waals surface area contributed by atoms with Crippen molar-refractivity contribution < 1.29 is 37.6 Å². The number of phosphoric ester groups is 1. The molecule has 0 heterocycles. The Hall–Kier alpha value is -3.59. The molecule has 0 aromatic carbocycles. The molecule has 0 saturated carbocycles. The summed E-state index contributed by atoms with van der Waals surface area (Å²) in [7, 11) is -4.39. The summed E-state index contributed by atoms with van der Waals surface area (Å²) < 4.78 is 32.8. The molecule has 10 heteroatoms. The number of unbranched alkanes of at least 4 members (excludes halogenated alkanes) is 17. The number of nitrogens with two attached hydrogens (primary N) is 1. The van der Waals surface area contributed by atoms with Gasteiger partial charge in [0.1, 0.15) is 6.61 Å². The lowest BCUT2D eigenvalue weighted by molar-refractivity contribution is -0.161. The van der Waals surface area contributed by atoms with Gasteiger partial charge in [-0.3, -0.25) is 18.6 Å². The third kappa shape index (κ3) is 53.8. The zero-order chi connectivity index (χ0) is 51.0. The Morgan fingerprint density at radius 1 is 0.443 bits per heavy atom. The zero-order valence-corrected chi connectivity index (χ0v) is 45.1. The minimum absolute atomic E-state index is 0.0475. The first kappa shape index (κ1) is 66.4. The van der Waals surface area contributed by atoms with Crippen LogP contribution in [0.2, 0.25) is 0 Å². The Balaban J connectivity index is 3.96. The molecule has 0 spiro atoms. The third-order valence-electron chi connectivity index (χ3n) is 11.1. The van der Waals surface area contributed by atoms with Gasteiger partial charge in [-0.15, -0.1) is 0 Å². The summed E-state index contributed by atoms with van der Waals surface area (Å²) in [6.07, 6.45) is 75.5. The van der Waals surface area contributed by atoms with Crippen molar-refractivity contribution >= 4 is 19.8 Å². The highest BCUT2D eigenvalue weighted by atomic mass is 31.2. The summed E-state index contributed by atoms with van der Waals surface area (Å²) in [4.78, 5) is 34.9. The maximum atomic E-state index is 12.6. The van der Waals surface area contributed by atoms with Gasteiger partial charge in [0.05, 0.1) is 13.2 Å². The average Bonchev–Trinajstić information content (AvgIpc) is 3.35. The van der Waals surface area contributed by atoms with E-state index in [4.69, 9.17) is 24.3 Å². The Labute approximate surface area is 428 Å². The van der Waals surface area contributed by atoms with Crippen molar-refractivity contribution in [1.29, 1.82) is 0 Å². The van der Waals surface area contributed by atoms with Crippen LogP contribution in [0.4, 0.5) is 0 Å². The van der Waals surface area contributed by atoms with Gasteiger partial charge in [-0.05, 0) is 89.9 Å². The number of hydrogen-bond donors (Lipinski definition) is 2. The van der Waals surface area contributed by atoms with E-state index in [-0.39, 0.29) is 38.6 Å². The summed E-state index contributed by atoms with van der Waals surface area (Å²) in [5, 5.41) is 0. The van der Waals surface area contributed by atoms with Crippen molar-refractivity contribution in [3.8, 4) is 0 Å². The molecule has 0 aliphatic carbocycles. The maximum Gasteiger partial charge on any atom is 0.472 e. The molecule has 2 unspecified atom stereocenters. The van der Waals surface area contributed by atoms with Crippen LogP contribution in [0, 0.1) is 0 Å². The van der Waals surface area contributed by atoms with Crippen molar-refractivity contribution in [2.24, 2.45) is 5.73 Å². The number of carbonyl (C=O) groups excluding carboxylic acids is 2. The Kier molecular flexibility index (Phi) is 51.9. The number of phosphoric acid groups is 1. The molecule has 0 amide bonds. The van der Waals surface area contributed by atoms with Crippen LogP contribution < -0.4 is 5.73 Å². The van der Waals surface area contributed by atoms with Gasteiger partial charge in [-0.2, -0.15) is 0 Å². The first-order chi connectivity index (χ1) is 34.3. The molecule has 2 atom stereocenters. The number of hydrogen-bond acceptors (Lipinski definition) is 8. The van der Waals surface area contributed by atoms with E-state index in [2.05, 4.69) is 135 Å². The molecule has 0 aromatic rings. The minimum Gasteiger partial charge on any atom is -0.462 e. The number of carbonyl (C=O) groups is 2. The van der Waals surface area contributed by atoms with Crippen LogP contribution in [0.5, 0.6) is 0 Å². The maximum absolute atomic E-state index is 12.6. The molecule has 3 N–H and O–H groups in total. The molecule has 0 aliphatic heterocycles. The molecule has 398 valence electrons. The van der Waals surface area contributed by atoms with Crippen LogP contribution in [-0.2, 0) is 32.7 Å². The van der Waals surface area contributed by atoms with E-state index >= 15 is 0 Å². The summed E-state index contributed by atoms with van der Waals surface area (Å²) in [6, 6.07) is 0. The lowest BCUT2D eigenvalue weighted by Gasteiger charge is -2.19. The van der Waals surface area contributed by atoms with E-state index in [1.807, 2.05) is 0 Å². The van der Waals surface area contributed by atoms with Crippen LogP contribution >= 0.6 is 7.82 Å². The van der Waals surface area contributed by atoms with E-state index < -0.39 is 26.5 Å². The second-order valence-electron chi connectivity index (χ2n) is 17.7. The van der Waals surface area contributed by atoms with Crippen LogP contribution in [0.15, 0.2) is 122 Å². The van der Waals surface area contributed by atoms with E-state index in [1.54, 1.807) is 0 Å². The topological polar surface area (TPSA) is 134 Å².